The fourth-order valence-corrected chi connectivity index (χ4v) is 4.02. The Morgan fingerprint density at radius 2 is 2.13 bits per heavy atom. The summed E-state index contributed by atoms with van der Waals surface area (Å²) in [5, 5.41) is 0.826. The highest BCUT2D eigenvalue weighted by Crippen LogP contribution is 2.28. The van der Waals surface area contributed by atoms with E-state index in [0.29, 0.717) is 55.3 Å². The van der Waals surface area contributed by atoms with Gasteiger partial charge in [-0.25, -0.2) is 9.97 Å². The number of ether oxygens (including phenoxy) is 2. The summed E-state index contributed by atoms with van der Waals surface area (Å²) in [5.74, 6) is 0.897. The van der Waals surface area contributed by atoms with Gasteiger partial charge in [-0.1, -0.05) is 12.1 Å². The molecule has 3 heterocycles. The quantitative estimate of drug-likeness (QED) is 0.656. The lowest BCUT2D eigenvalue weighted by Gasteiger charge is -2.32. The van der Waals surface area contributed by atoms with Crippen LogP contribution < -0.4 is 4.74 Å². The molecule has 0 radical (unpaired) electrons. The Balaban J connectivity index is 1.28. The molecule has 2 aromatic heterocycles. The Labute approximate surface area is 172 Å². The van der Waals surface area contributed by atoms with Crippen molar-refractivity contribution in [1.29, 1.82) is 0 Å². The minimum absolute atomic E-state index is 0.0165. The minimum Gasteiger partial charge on any atom is -0.474 e. The number of fused-ring (bicyclic) bond motifs is 2. The summed E-state index contributed by atoms with van der Waals surface area (Å²) in [7, 11) is 0. The van der Waals surface area contributed by atoms with Crippen LogP contribution in [0.5, 0.6) is 5.88 Å². The third kappa shape index (κ3) is 3.43. The first kappa shape index (κ1) is 18.7. The molecule has 0 N–H and O–H groups in total. The van der Waals surface area contributed by atoms with Gasteiger partial charge in [0.25, 0.3) is 5.91 Å². The molecule has 8 heteroatoms. The lowest BCUT2D eigenvalue weighted by atomic mass is 9.93. The van der Waals surface area contributed by atoms with E-state index in [4.69, 9.17) is 13.9 Å². The number of morpholine rings is 1. The van der Waals surface area contributed by atoms with Gasteiger partial charge in [0, 0.05) is 19.4 Å². The van der Waals surface area contributed by atoms with Gasteiger partial charge in [-0.15, -0.1) is 0 Å². The molecule has 1 saturated heterocycles. The number of carbonyl (C=O) groups is 2. The zero-order chi connectivity index (χ0) is 20.5. The van der Waals surface area contributed by atoms with Gasteiger partial charge in [0.15, 0.2) is 5.78 Å². The van der Waals surface area contributed by atoms with Crippen molar-refractivity contribution < 1.29 is 23.5 Å². The molecule has 0 spiro atoms. The number of hydrogen-bond acceptors (Lipinski definition) is 7. The minimum atomic E-state index is -0.296. The summed E-state index contributed by atoms with van der Waals surface area (Å²) in [6.45, 7) is 1.49. The summed E-state index contributed by atoms with van der Waals surface area (Å²) in [4.78, 5) is 35.5. The number of nitrogens with zero attached hydrogens (tertiary/aromatic N) is 3. The lowest BCUT2D eigenvalue weighted by molar-refractivity contribution is -0.0405. The van der Waals surface area contributed by atoms with Gasteiger partial charge in [-0.05, 0) is 18.6 Å². The number of hydrogen-bond donors (Lipinski definition) is 0. The van der Waals surface area contributed by atoms with Crippen LogP contribution >= 0.6 is 0 Å². The van der Waals surface area contributed by atoms with Crippen molar-refractivity contribution in [3.8, 4) is 5.88 Å². The fourth-order valence-electron chi connectivity index (χ4n) is 4.02. The second kappa shape index (κ2) is 7.87. The van der Waals surface area contributed by atoms with E-state index >= 15 is 0 Å². The number of amides is 1. The van der Waals surface area contributed by atoms with E-state index in [-0.39, 0.29) is 24.4 Å². The van der Waals surface area contributed by atoms with Crippen LogP contribution in [0.3, 0.4) is 0 Å². The molecule has 1 amide bonds. The van der Waals surface area contributed by atoms with E-state index in [1.807, 2.05) is 24.3 Å². The van der Waals surface area contributed by atoms with Crippen LogP contribution in [-0.2, 0) is 11.2 Å². The van der Waals surface area contributed by atoms with Crippen molar-refractivity contribution >= 4 is 22.6 Å². The molecule has 1 unspecified atom stereocenters. The SMILES string of the molecule is O=C1CCCc2occ(C(=O)N3CCOC(COc4ncnc5ccccc45)C3)c21. The van der Waals surface area contributed by atoms with E-state index in [0.717, 1.165) is 17.3 Å². The molecule has 1 aliphatic heterocycles. The molecule has 1 atom stereocenters. The first-order chi connectivity index (χ1) is 14.7. The second-order valence-corrected chi connectivity index (χ2v) is 7.48. The van der Waals surface area contributed by atoms with Gasteiger partial charge in [-0.3, -0.25) is 9.59 Å². The molecule has 3 aromatic rings. The maximum atomic E-state index is 13.1. The van der Waals surface area contributed by atoms with Crippen LogP contribution in [0, 0.1) is 0 Å². The van der Waals surface area contributed by atoms with Gasteiger partial charge in [0.05, 0.1) is 35.2 Å². The Morgan fingerprint density at radius 1 is 1.23 bits per heavy atom. The van der Waals surface area contributed by atoms with E-state index in [1.165, 1.54) is 12.6 Å². The molecule has 1 aromatic carbocycles. The number of Topliss-reactive ketones (excluding diaryl/α,β-unsaturated/α-hetero) is 1. The maximum absolute atomic E-state index is 13.1. The molecule has 2 aliphatic rings. The standard InChI is InChI=1S/C22H21N3O5/c26-18-6-3-7-19-20(18)16(12-29-19)22(27)25-8-9-28-14(10-25)11-30-21-15-4-1-2-5-17(15)23-13-24-21/h1-2,4-5,12-14H,3,6-11H2. The summed E-state index contributed by atoms with van der Waals surface area (Å²) < 4.78 is 17.2. The predicted molar refractivity (Wildman–Crippen MR) is 107 cm³/mol. The highest BCUT2D eigenvalue weighted by molar-refractivity contribution is 6.09. The Kier molecular flexibility index (Phi) is 4.92. The monoisotopic (exact) mass is 407 g/mol. The third-order valence-electron chi connectivity index (χ3n) is 5.52. The molecule has 8 nitrogen and oxygen atoms in total. The van der Waals surface area contributed by atoms with Crippen molar-refractivity contribution in [2.45, 2.75) is 25.4 Å². The molecule has 1 fully saturated rings. The number of ketones is 1. The highest BCUT2D eigenvalue weighted by Gasteiger charge is 2.32. The fraction of sp³-hybridized carbons (Fsp3) is 0.364. The van der Waals surface area contributed by atoms with Gasteiger partial charge in [0.2, 0.25) is 5.88 Å². The summed E-state index contributed by atoms with van der Waals surface area (Å²) in [6, 6.07) is 7.62. The number of furan rings is 1. The number of rotatable bonds is 4. The van der Waals surface area contributed by atoms with Crippen molar-refractivity contribution in [3.05, 3.63) is 53.7 Å². The largest absolute Gasteiger partial charge is 0.474 e. The average molecular weight is 407 g/mol. The predicted octanol–water partition coefficient (Wildman–Crippen LogP) is 2.66. The van der Waals surface area contributed by atoms with Crippen molar-refractivity contribution in [3.63, 3.8) is 0 Å². The average Bonchev–Trinajstić information content (AvgIpc) is 3.23. The normalized spacial score (nSPS) is 19.0. The number of carbonyl (C=O) groups excluding carboxylic acids is 2. The Morgan fingerprint density at radius 3 is 3.07 bits per heavy atom. The molecule has 5 rings (SSSR count). The first-order valence-electron chi connectivity index (χ1n) is 10.1. The smallest absolute Gasteiger partial charge is 0.258 e. The molecule has 0 bridgehead atoms. The van der Waals surface area contributed by atoms with Gasteiger partial charge < -0.3 is 18.8 Å². The molecule has 154 valence electrons. The maximum Gasteiger partial charge on any atom is 0.258 e. The van der Waals surface area contributed by atoms with Gasteiger partial charge in [-0.2, -0.15) is 0 Å². The van der Waals surface area contributed by atoms with E-state index < -0.39 is 0 Å². The van der Waals surface area contributed by atoms with Crippen molar-refractivity contribution in [2.24, 2.45) is 0 Å². The topological polar surface area (TPSA) is 94.8 Å². The van der Waals surface area contributed by atoms with Crippen LogP contribution in [0.2, 0.25) is 0 Å². The third-order valence-corrected chi connectivity index (χ3v) is 5.52. The van der Waals surface area contributed by atoms with E-state index in [1.54, 1.807) is 4.90 Å². The number of aryl methyl sites for hydroxylation is 1. The van der Waals surface area contributed by atoms with Crippen LogP contribution in [0.15, 0.2) is 41.3 Å². The van der Waals surface area contributed by atoms with Crippen LogP contribution in [-0.4, -0.2) is 59.0 Å². The molecular weight excluding hydrogens is 386 g/mol. The zero-order valence-corrected chi connectivity index (χ0v) is 16.4. The van der Waals surface area contributed by atoms with Gasteiger partial charge in [0.1, 0.15) is 31.1 Å². The number of aromatic nitrogens is 2. The molecule has 1 aliphatic carbocycles. The van der Waals surface area contributed by atoms with Gasteiger partial charge >= 0.3 is 0 Å². The number of para-hydroxylation sites is 1. The first-order valence-corrected chi connectivity index (χ1v) is 10.1. The van der Waals surface area contributed by atoms with Crippen molar-refractivity contribution in [1.82, 2.24) is 14.9 Å². The van der Waals surface area contributed by atoms with E-state index in [9.17, 15) is 9.59 Å². The second-order valence-electron chi connectivity index (χ2n) is 7.48. The summed E-state index contributed by atoms with van der Waals surface area (Å²) >= 11 is 0. The highest BCUT2D eigenvalue weighted by atomic mass is 16.5. The van der Waals surface area contributed by atoms with Crippen LogP contribution in [0.4, 0.5) is 0 Å². The molecule has 30 heavy (non-hydrogen) atoms. The number of benzene rings is 1. The summed E-state index contributed by atoms with van der Waals surface area (Å²) in [5.41, 5.74) is 1.62. The van der Waals surface area contributed by atoms with Crippen LogP contribution in [0.1, 0.15) is 39.3 Å². The summed E-state index contributed by atoms with van der Waals surface area (Å²) in [6.07, 6.45) is 4.51. The molecule has 0 saturated carbocycles. The lowest BCUT2D eigenvalue weighted by Crippen LogP contribution is -2.47. The Bertz CT molecular complexity index is 1100. The van der Waals surface area contributed by atoms with Crippen molar-refractivity contribution in [2.75, 3.05) is 26.3 Å². The zero-order valence-electron chi connectivity index (χ0n) is 16.4. The Hall–Kier alpha value is -3.26. The molecular formula is C22H21N3O5. The van der Waals surface area contributed by atoms with E-state index in [2.05, 4.69) is 9.97 Å². The van der Waals surface area contributed by atoms with Crippen LogP contribution in [0.25, 0.3) is 10.9 Å².